The minimum absolute atomic E-state index is 0.152. The van der Waals surface area contributed by atoms with Crippen molar-refractivity contribution >= 4 is 42.5 Å². The van der Waals surface area contributed by atoms with Crippen LogP contribution in [0.5, 0.6) is 0 Å². The number of hydrogen-bond acceptors (Lipinski definition) is 3. The van der Waals surface area contributed by atoms with E-state index in [1.807, 2.05) is 42.5 Å². The average Bonchev–Trinajstić information content (AvgIpc) is 2.82. The van der Waals surface area contributed by atoms with E-state index in [2.05, 4.69) is 15.9 Å². The molecule has 0 saturated carbocycles. The first kappa shape index (κ1) is 22.4. The topological polar surface area (TPSA) is 54.5 Å². The highest BCUT2D eigenvalue weighted by atomic mass is 79.9. The van der Waals surface area contributed by atoms with E-state index in [0.29, 0.717) is 11.1 Å². The van der Waals surface area contributed by atoms with E-state index < -0.39 is 16.1 Å². The lowest BCUT2D eigenvalue weighted by atomic mass is 9.97. The van der Waals surface area contributed by atoms with E-state index in [4.69, 9.17) is 0 Å². The molecule has 4 aromatic rings. The molecule has 0 heterocycles. The molecular formula is C26H22BrNO3S. The summed E-state index contributed by atoms with van der Waals surface area (Å²) in [6.45, 7) is 1.91. The molecule has 4 nitrogen and oxygen atoms in total. The lowest BCUT2D eigenvalue weighted by Gasteiger charge is -2.29. The summed E-state index contributed by atoms with van der Waals surface area (Å²) in [6.07, 6.45) is 0. The Bertz CT molecular complexity index is 1360. The Balaban J connectivity index is 1.83. The molecule has 0 N–H and O–H groups in total. The summed E-state index contributed by atoms with van der Waals surface area (Å²) in [5, 5.41) is 1.75. The summed E-state index contributed by atoms with van der Waals surface area (Å²) < 4.78 is 29.8. The maximum atomic E-state index is 13.8. The van der Waals surface area contributed by atoms with E-state index in [-0.39, 0.29) is 17.2 Å². The van der Waals surface area contributed by atoms with Crippen LogP contribution in [0.25, 0.3) is 10.8 Å². The van der Waals surface area contributed by atoms with Crippen molar-refractivity contribution in [2.24, 2.45) is 0 Å². The predicted molar refractivity (Wildman–Crippen MR) is 131 cm³/mol. The van der Waals surface area contributed by atoms with Crippen LogP contribution >= 0.6 is 15.9 Å². The summed E-state index contributed by atoms with van der Waals surface area (Å²) in [5.41, 5.74) is 1.11. The summed E-state index contributed by atoms with van der Waals surface area (Å²) in [6, 6.07) is 27.7. The second kappa shape index (κ2) is 9.36. The van der Waals surface area contributed by atoms with E-state index in [1.165, 1.54) is 4.31 Å². The fourth-order valence-corrected chi connectivity index (χ4v) is 5.83. The monoisotopic (exact) mass is 507 g/mol. The van der Waals surface area contributed by atoms with Gasteiger partial charge in [0.25, 0.3) is 0 Å². The fourth-order valence-electron chi connectivity index (χ4n) is 3.83. The van der Waals surface area contributed by atoms with Crippen LogP contribution in [0.1, 0.15) is 28.9 Å². The molecule has 0 radical (unpaired) electrons. The van der Waals surface area contributed by atoms with Gasteiger partial charge in [0.15, 0.2) is 5.78 Å². The third-order valence-electron chi connectivity index (χ3n) is 5.40. The second-order valence-corrected chi connectivity index (χ2v) is 10.2. The van der Waals surface area contributed by atoms with Crippen LogP contribution in [0.3, 0.4) is 0 Å². The average molecular weight is 508 g/mol. The molecule has 6 heteroatoms. The first-order chi connectivity index (χ1) is 15.4. The van der Waals surface area contributed by atoms with Crippen LogP contribution in [-0.4, -0.2) is 25.1 Å². The van der Waals surface area contributed by atoms with Gasteiger partial charge in [-0.15, -0.1) is 0 Å². The van der Waals surface area contributed by atoms with Crippen LogP contribution in [0.2, 0.25) is 0 Å². The van der Waals surface area contributed by atoms with E-state index in [9.17, 15) is 13.2 Å². The molecule has 1 atom stereocenters. The number of rotatable bonds is 7. The van der Waals surface area contributed by atoms with Crippen molar-refractivity contribution in [2.75, 3.05) is 6.54 Å². The Kier molecular flexibility index (Phi) is 6.55. The van der Waals surface area contributed by atoms with Gasteiger partial charge < -0.3 is 0 Å². The van der Waals surface area contributed by atoms with Crippen molar-refractivity contribution in [1.29, 1.82) is 0 Å². The molecule has 0 spiro atoms. The number of likely N-dealkylation sites (N-methyl/N-ethyl adjacent to an activating group) is 1. The normalized spacial score (nSPS) is 12.7. The highest BCUT2D eigenvalue weighted by Gasteiger charge is 2.36. The number of carbonyl (C=O) groups excluding carboxylic acids is 1. The SMILES string of the molecule is CCN(C(C(=O)c1ccccc1)c1ccccc1)S(=O)(=O)c1ccc2cc(Br)ccc2c1. The van der Waals surface area contributed by atoms with Crippen LogP contribution in [0.15, 0.2) is 106 Å². The van der Waals surface area contributed by atoms with Crippen molar-refractivity contribution in [3.63, 3.8) is 0 Å². The zero-order chi connectivity index (χ0) is 22.7. The van der Waals surface area contributed by atoms with E-state index in [0.717, 1.165) is 15.2 Å². The van der Waals surface area contributed by atoms with Gasteiger partial charge in [0.05, 0.1) is 4.90 Å². The number of carbonyl (C=O) groups is 1. The standard InChI is InChI=1S/C26H22BrNO3S/c1-2-28(32(30,31)24-16-14-21-17-23(27)15-13-22(21)18-24)25(19-9-5-3-6-10-19)26(29)20-11-7-4-8-12-20/h3-18,25H,2H2,1H3. The van der Waals surface area contributed by atoms with Gasteiger partial charge in [0, 0.05) is 16.6 Å². The van der Waals surface area contributed by atoms with Crippen LogP contribution in [0, 0.1) is 0 Å². The quantitative estimate of drug-likeness (QED) is 0.278. The van der Waals surface area contributed by atoms with Gasteiger partial charge in [-0.2, -0.15) is 4.31 Å². The van der Waals surface area contributed by atoms with Crippen molar-refractivity contribution in [1.82, 2.24) is 4.31 Å². The van der Waals surface area contributed by atoms with Crippen molar-refractivity contribution in [3.05, 3.63) is 113 Å². The summed E-state index contributed by atoms with van der Waals surface area (Å²) >= 11 is 3.44. The molecule has 0 amide bonds. The zero-order valence-corrected chi connectivity index (χ0v) is 19.9. The molecule has 0 aliphatic rings. The summed E-state index contributed by atoms with van der Waals surface area (Å²) in [7, 11) is -3.95. The lowest BCUT2D eigenvalue weighted by molar-refractivity contribution is 0.0897. The van der Waals surface area contributed by atoms with E-state index in [1.54, 1.807) is 61.5 Å². The predicted octanol–water partition coefficient (Wildman–Crippen LogP) is 6.24. The molecule has 4 aromatic carbocycles. The highest BCUT2D eigenvalue weighted by molar-refractivity contribution is 9.10. The molecule has 1 unspecified atom stereocenters. The molecule has 162 valence electrons. The van der Waals surface area contributed by atoms with Gasteiger partial charge in [-0.05, 0) is 40.6 Å². The van der Waals surface area contributed by atoms with Crippen molar-refractivity contribution < 1.29 is 13.2 Å². The third kappa shape index (κ3) is 4.39. The zero-order valence-electron chi connectivity index (χ0n) is 17.5. The number of fused-ring (bicyclic) bond motifs is 1. The number of hydrogen-bond donors (Lipinski definition) is 0. The molecule has 0 bridgehead atoms. The number of ketones is 1. The Morgan fingerprint density at radius 1 is 0.844 bits per heavy atom. The molecular weight excluding hydrogens is 486 g/mol. The van der Waals surface area contributed by atoms with Gasteiger partial charge in [-0.1, -0.05) is 95.7 Å². The number of Topliss-reactive ketones (excluding diaryl/α,β-unsaturated/α-hetero) is 1. The van der Waals surface area contributed by atoms with Crippen molar-refractivity contribution in [3.8, 4) is 0 Å². The number of benzene rings is 4. The minimum Gasteiger partial charge on any atom is -0.292 e. The lowest BCUT2D eigenvalue weighted by Crippen LogP contribution is -2.39. The largest absolute Gasteiger partial charge is 0.292 e. The van der Waals surface area contributed by atoms with E-state index >= 15 is 0 Å². The summed E-state index contributed by atoms with van der Waals surface area (Å²) in [4.78, 5) is 13.7. The highest BCUT2D eigenvalue weighted by Crippen LogP contribution is 2.32. The Morgan fingerprint density at radius 2 is 1.44 bits per heavy atom. The fraction of sp³-hybridized carbons (Fsp3) is 0.115. The molecule has 0 aliphatic heterocycles. The number of halogens is 1. The van der Waals surface area contributed by atoms with Gasteiger partial charge in [0.1, 0.15) is 6.04 Å². The first-order valence-corrected chi connectivity index (χ1v) is 12.5. The molecule has 0 saturated heterocycles. The van der Waals surface area contributed by atoms with Crippen LogP contribution in [-0.2, 0) is 10.0 Å². The molecule has 4 rings (SSSR count). The summed E-state index contributed by atoms with van der Waals surface area (Å²) in [5.74, 6) is -0.257. The van der Waals surface area contributed by atoms with Gasteiger partial charge in [0.2, 0.25) is 10.0 Å². The first-order valence-electron chi connectivity index (χ1n) is 10.3. The van der Waals surface area contributed by atoms with Gasteiger partial charge >= 0.3 is 0 Å². The minimum atomic E-state index is -3.95. The Labute approximate surface area is 196 Å². The molecule has 0 fully saturated rings. The maximum Gasteiger partial charge on any atom is 0.244 e. The van der Waals surface area contributed by atoms with Gasteiger partial charge in [-0.3, -0.25) is 4.79 Å². The number of nitrogens with zero attached hydrogens (tertiary/aromatic N) is 1. The molecule has 0 aliphatic carbocycles. The molecule has 32 heavy (non-hydrogen) atoms. The van der Waals surface area contributed by atoms with Crippen molar-refractivity contribution in [2.45, 2.75) is 17.9 Å². The second-order valence-electron chi connectivity index (χ2n) is 7.41. The van der Waals surface area contributed by atoms with Gasteiger partial charge in [-0.25, -0.2) is 8.42 Å². The van der Waals surface area contributed by atoms with Crippen LogP contribution in [0.4, 0.5) is 0 Å². The maximum absolute atomic E-state index is 13.8. The van der Waals surface area contributed by atoms with Crippen LogP contribution < -0.4 is 0 Å². The smallest absolute Gasteiger partial charge is 0.244 e. The molecule has 0 aromatic heterocycles. The Hall–Kier alpha value is -2.80. The third-order valence-corrected chi connectivity index (χ3v) is 7.83. The number of sulfonamides is 1. The Morgan fingerprint density at radius 3 is 2.09 bits per heavy atom.